The number of phenolic OH excluding ortho intramolecular Hbond substituents is 1. The molecule has 21 heavy (non-hydrogen) atoms. The molecule has 0 radical (unpaired) electrons. The van der Waals surface area contributed by atoms with Crippen molar-refractivity contribution in [3.8, 4) is 5.75 Å². The van der Waals surface area contributed by atoms with Crippen molar-refractivity contribution in [3.63, 3.8) is 0 Å². The fourth-order valence-electron chi connectivity index (χ4n) is 2.22. The molecule has 0 unspecified atom stereocenters. The summed E-state index contributed by atoms with van der Waals surface area (Å²) in [5, 5.41) is 23.6. The monoisotopic (exact) mass is 294 g/mol. The highest BCUT2D eigenvalue weighted by molar-refractivity contribution is 6.00. The Morgan fingerprint density at radius 3 is 2.71 bits per heavy atom. The quantitative estimate of drug-likeness (QED) is 0.619. The van der Waals surface area contributed by atoms with Crippen LogP contribution in [0.15, 0.2) is 18.2 Å². The number of rotatable bonds is 5. The minimum Gasteiger partial charge on any atom is -0.508 e. The van der Waals surface area contributed by atoms with Crippen molar-refractivity contribution in [2.75, 3.05) is 11.9 Å². The number of amides is 2. The van der Waals surface area contributed by atoms with Crippen molar-refractivity contribution in [2.24, 2.45) is 0 Å². The molecule has 7 nitrogen and oxygen atoms in total. The normalized spacial score (nSPS) is 20.4. The Morgan fingerprint density at radius 1 is 1.38 bits per heavy atom. The highest BCUT2D eigenvalue weighted by atomic mass is 16.5. The molecule has 4 N–H and O–H groups in total. The second-order valence-electron chi connectivity index (χ2n) is 4.88. The van der Waals surface area contributed by atoms with Crippen LogP contribution in [-0.2, 0) is 4.74 Å². The molecule has 2 rings (SSSR count). The first-order valence-electron chi connectivity index (χ1n) is 6.75. The fraction of sp³-hybridized carbons (Fsp3) is 0.429. The number of urea groups is 1. The van der Waals surface area contributed by atoms with Crippen LogP contribution in [0.5, 0.6) is 5.75 Å². The Hall–Kier alpha value is -2.28. The molecule has 0 atom stereocenters. The molecule has 0 bridgehead atoms. The summed E-state index contributed by atoms with van der Waals surface area (Å²) in [7, 11) is 0. The van der Waals surface area contributed by atoms with Crippen LogP contribution in [0.25, 0.3) is 0 Å². The predicted octanol–water partition coefficient (Wildman–Crippen LogP) is 1.78. The molecular formula is C14H18N2O5. The number of carbonyl (C=O) groups excluding carboxylic acids is 1. The van der Waals surface area contributed by atoms with E-state index in [1.165, 1.54) is 12.1 Å². The van der Waals surface area contributed by atoms with Gasteiger partial charge in [-0.2, -0.15) is 0 Å². The molecule has 2 amide bonds. The van der Waals surface area contributed by atoms with Crippen LogP contribution in [0.4, 0.5) is 10.5 Å². The van der Waals surface area contributed by atoms with Gasteiger partial charge in [0, 0.05) is 12.6 Å². The van der Waals surface area contributed by atoms with E-state index in [2.05, 4.69) is 10.6 Å². The van der Waals surface area contributed by atoms with E-state index in [1.54, 1.807) is 0 Å². The Bertz CT molecular complexity index is 540. The Balaban J connectivity index is 1.90. The number of aromatic hydroxyl groups is 1. The lowest BCUT2D eigenvalue weighted by atomic mass is 9.89. The van der Waals surface area contributed by atoms with E-state index in [-0.39, 0.29) is 29.1 Å². The molecule has 1 aromatic rings. The molecule has 114 valence electrons. The van der Waals surface area contributed by atoms with Crippen LogP contribution in [0.3, 0.4) is 0 Å². The summed E-state index contributed by atoms with van der Waals surface area (Å²) in [4.78, 5) is 22.9. The number of carboxylic acid groups (broad SMARTS) is 1. The minimum absolute atomic E-state index is 0.0342. The molecule has 0 aliphatic heterocycles. The van der Waals surface area contributed by atoms with Crippen molar-refractivity contribution >= 4 is 17.7 Å². The van der Waals surface area contributed by atoms with Crippen molar-refractivity contribution in [1.82, 2.24) is 5.32 Å². The zero-order valence-electron chi connectivity index (χ0n) is 11.6. The van der Waals surface area contributed by atoms with Crippen LogP contribution in [0.1, 0.15) is 30.1 Å². The van der Waals surface area contributed by atoms with E-state index >= 15 is 0 Å². The molecule has 1 saturated carbocycles. The first kappa shape index (κ1) is 15.1. The third-order valence-electron chi connectivity index (χ3n) is 3.31. The van der Waals surface area contributed by atoms with Gasteiger partial charge in [0.25, 0.3) is 0 Å². The first-order valence-corrected chi connectivity index (χ1v) is 6.75. The lowest BCUT2D eigenvalue weighted by Crippen LogP contribution is -2.49. The van der Waals surface area contributed by atoms with Gasteiger partial charge in [0.15, 0.2) is 0 Å². The predicted molar refractivity (Wildman–Crippen MR) is 75.7 cm³/mol. The smallest absolute Gasteiger partial charge is 0.337 e. The van der Waals surface area contributed by atoms with E-state index in [1.807, 2.05) is 6.92 Å². The maximum atomic E-state index is 11.8. The molecule has 1 fully saturated rings. The molecule has 0 aromatic heterocycles. The summed E-state index contributed by atoms with van der Waals surface area (Å²) in [6.45, 7) is 2.57. The van der Waals surface area contributed by atoms with E-state index in [4.69, 9.17) is 9.84 Å². The summed E-state index contributed by atoms with van der Waals surface area (Å²) < 4.78 is 5.39. The van der Waals surface area contributed by atoms with Gasteiger partial charge < -0.3 is 25.6 Å². The van der Waals surface area contributed by atoms with Gasteiger partial charge >= 0.3 is 12.0 Å². The lowest BCUT2D eigenvalue weighted by molar-refractivity contribution is -0.00673. The number of hydrogen-bond acceptors (Lipinski definition) is 4. The topological polar surface area (TPSA) is 108 Å². The molecule has 7 heteroatoms. The molecule has 1 aromatic carbocycles. The molecule has 1 aliphatic carbocycles. The number of benzene rings is 1. The number of ether oxygens (including phenoxy) is 1. The largest absolute Gasteiger partial charge is 0.508 e. The number of carboxylic acids is 1. The van der Waals surface area contributed by atoms with Crippen LogP contribution in [0, 0.1) is 0 Å². The molecular weight excluding hydrogens is 276 g/mol. The van der Waals surface area contributed by atoms with Gasteiger partial charge in [-0.3, -0.25) is 0 Å². The van der Waals surface area contributed by atoms with Crippen molar-refractivity contribution in [2.45, 2.75) is 31.9 Å². The van der Waals surface area contributed by atoms with Gasteiger partial charge in [0.05, 0.1) is 17.4 Å². The number of hydrogen-bond donors (Lipinski definition) is 4. The third-order valence-corrected chi connectivity index (χ3v) is 3.31. The van der Waals surface area contributed by atoms with Crippen LogP contribution < -0.4 is 10.6 Å². The van der Waals surface area contributed by atoms with Crippen LogP contribution in [-0.4, -0.2) is 41.0 Å². The number of carbonyl (C=O) groups is 2. The molecule has 0 heterocycles. The Labute approximate surface area is 121 Å². The number of nitrogens with one attached hydrogen (secondary N) is 2. The maximum Gasteiger partial charge on any atom is 0.337 e. The van der Waals surface area contributed by atoms with E-state index in [9.17, 15) is 14.7 Å². The highest BCUT2D eigenvalue weighted by Crippen LogP contribution is 2.24. The average molecular weight is 294 g/mol. The van der Waals surface area contributed by atoms with Gasteiger partial charge in [0.2, 0.25) is 0 Å². The number of anilines is 1. The van der Waals surface area contributed by atoms with E-state index < -0.39 is 12.0 Å². The van der Waals surface area contributed by atoms with Gasteiger partial charge in [-0.15, -0.1) is 0 Å². The van der Waals surface area contributed by atoms with Gasteiger partial charge in [-0.25, -0.2) is 9.59 Å². The summed E-state index contributed by atoms with van der Waals surface area (Å²) in [5.74, 6) is -1.39. The number of phenols is 1. The summed E-state index contributed by atoms with van der Waals surface area (Å²) in [5.41, 5.74) is -0.0237. The van der Waals surface area contributed by atoms with Crippen molar-refractivity contribution in [3.05, 3.63) is 23.8 Å². The average Bonchev–Trinajstić information content (AvgIpc) is 2.38. The van der Waals surface area contributed by atoms with E-state index in [0.717, 1.165) is 18.9 Å². The van der Waals surface area contributed by atoms with Gasteiger partial charge in [0.1, 0.15) is 5.75 Å². The van der Waals surface area contributed by atoms with Crippen molar-refractivity contribution in [1.29, 1.82) is 0 Å². The Kier molecular flexibility index (Phi) is 4.64. The van der Waals surface area contributed by atoms with E-state index in [0.29, 0.717) is 6.61 Å². The third kappa shape index (κ3) is 3.85. The van der Waals surface area contributed by atoms with Gasteiger partial charge in [-0.05, 0) is 38.0 Å². The SMILES string of the molecule is CCOC1CC(NC(=O)Nc2ccc(O)cc2C(=O)O)C1. The molecule has 0 spiro atoms. The highest BCUT2D eigenvalue weighted by Gasteiger charge is 2.30. The zero-order chi connectivity index (χ0) is 15.4. The lowest BCUT2D eigenvalue weighted by Gasteiger charge is -2.35. The van der Waals surface area contributed by atoms with Gasteiger partial charge in [-0.1, -0.05) is 0 Å². The van der Waals surface area contributed by atoms with Crippen LogP contribution >= 0.6 is 0 Å². The van der Waals surface area contributed by atoms with Crippen LogP contribution in [0.2, 0.25) is 0 Å². The first-order chi connectivity index (χ1) is 9.99. The summed E-state index contributed by atoms with van der Waals surface area (Å²) in [6.07, 6.45) is 1.69. The summed E-state index contributed by atoms with van der Waals surface area (Å²) in [6, 6.07) is 3.32. The second-order valence-corrected chi connectivity index (χ2v) is 4.88. The minimum atomic E-state index is -1.22. The second kappa shape index (κ2) is 6.45. The molecule has 0 saturated heterocycles. The molecule has 1 aliphatic rings. The zero-order valence-corrected chi connectivity index (χ0v) is 11.6. The number of aromatic carboxylic acids is 1. The van der Waals surface area contributed by atoms with Crippen molar-refractivity contribution < 1.29 is 24.5 Å². The fourth-order valence-corrected chi connectivity index (χ4v) is 2.22. The standard InChI is InChI=1S/C14H18N2O5/c1-2-21-10-5-8(6-10)15-14(20)16-12-4-3-9(17)7-11(12)13(18)19/h3-4,7-8,10,17H,2,5-6H2,1H3,(H,18,19)(H2,15,16,20). The Morgan fingerprint density at radius 2 is 2.10 bits per heavy atom. The maximum absolute atomic E-state index is 11.8. The summed E-state index contributed by atoms with van der Waals surface area (Å²) >= 11 is 0.